The maximum atomic E-state index is 10.4. The minimum absolute atomic E-state index is 0.0862. The third-order valence-electron chi connectivity index (χ3n) is 7.42. The van der Waals surface area contributed by atoms with E-state index in [-0.39, 0.29) is 11.5 Å². The first-order valence-corrected chi connectivity index (χ1v) is 14.0. The van der Waals surface area contributed by atoms with Gasteiger partial charge in [0.1, 0.15) is 0 Å². The number of aliphatic imine (C=N–C) groups is 2. The van der Waals surface area contributed by atoms with Gasteiger partial charge in [-0.2, -0.15) is 0 Å². The van der Waals surface area contributed by atoms with Crippen LogP contribution in [0.4, 0.5) is 11.4 Å². The molecule has 0 saturated carbocycles. The van der Waals surface area contributed by atoms with Gasteiger partial charge in [0.15, 0.2) is 23.0 Å². The van der Waals surface area contributed by atoms with Gasteiger partial charge in [-0.3, -0.25) is 19.8 Å². The zero-order chi connectivity index (χ0) is 29.3. The summed E-state index contributed by atoms with van der Waals surface area (Å²) in [7, 11) is 3.07. The number of benzene rings is 4. The van der Waals surface area contributed by atoms with Crippen LogP contribution in [0.5, 0.6) is 23.0 Å². The highest BCUT2D eigenvalue weighted by atomic mass is 16.5. The Hall–Kier alpha value is -4.66. The number of phenolic OH excluding ortho intramolecular Hbond substituents is 2. The quantitative estimate of drug-likeness (QED) is 0.232. The van der Waals surface area contributed by atoms with Gasteiger partial charge in [0.25, 0.3) is 0 Å². The Morgan fingerprint density at radius 3 is 1.40 bits per heavy atom. The molecule has 8 heteroatoms. The second-order valence-electron chi connectivity index (χ2n) is 10.1. The monoisotopic (exact) mass is 564 g/mol. The zero-order valence-corrected chi connectivity index (χ0v) is 24.0. The van der Waals surface area contributed by atoms with Gasteiger partial charge in [0.2, 0.25) is 0 Å². The van der Waals surface area contributed by atoms with Crippen molar-refractivity contribution >= 4 is 23.8 Å². The smallest absolute Gasteiger partial charge is 0.166 e. The van der Waals surface area contributed by atoms with E-state index in [0.29, 0.717) is 22.6 Å². The number of phenols is 2. The molecule has 0 aliphatic carbocycles. The van der Waals surface area contributed by atoms with E-state index in [4.69, 9.17) is 19.5 Å². The third-order valence-corrected chi connectivity index (χ3v) is 7.42. The Bertz CT molecular complexity index is 1440. The summed E-state index contributed by atoms with van der Waals surface area (Å²) in [5.74, 6) is 1.03. The van der Waals surface area contributed by atoms with Gasteiger partial charge in [0.05, 0.1) is 25.6 Å². The van der Waals surface area contributed by atoms with Crippen LogP contribution in [-0.4, -0.2) is 72.8 Å². The van der Waals surface area contributed by atoms with Crippen LogP contribution in [0.15, 0.2) is 94.9 Å². The lowest BCUT2D eigenvalue weighted by molar-refractivity contribution is 0.122. The maximum absolute atomic E-state index is 10.4. The van der Waals surface area contributed by atoms with Crippen LogP contribution in [0.25, 0.3) is 0 Å². The van der Waals surface area contributed by atoms with Crippen molar-refractivity contribution in [2.75, 3.05) is 40.4 Å². The summed E-state index contributed by atoms with van der Waals surface area (Å²) >= 11 is 0. The average molecular weight is 565 g/mol. The number of hydrogen-bond donors (Lipinski definition) is 2. The Labute approximate surface area is 246 Å². The first-order valence-electron chi connectivity index (χ1n) is 14.0. The van der Waals surface area contributed by atoms with Gasteiger partial charge < -0.3 is 19.7 Å². The minimum atomic E-state index is 0.0862. The van der Waals surface area contributed by atoms with Crippen molar-refractivity contribution in [1.29, 1.82) is 0 Å². The maximum Gasteiger partial charge on any atom is 0.166 e. The summed E-state index contributed by atoms with van der Waals surface area (Å²) in [4.78, 5) is 14.3. The second kappa shape index (κ2) is 13.8. The van der Waals surface area contributed by atoms with Crippen LogP contribution in [0.1, 0.15) is 22.3 Å². The highest BCUT2D eigenvalue weighted by molar-refractivity contribution is 5.87. The van der Waals surface area contributed by atoms with Gasteiger partial charge in [-0.1, -0.05) is 48.5 Å². The topological polar surface area (TPSA) is 90.1 Å². The number of para-hydroxylation sites is 4. The molecule has 4 aromatic rings. The molecule has 2 N–H and O–H groups in total. The summed E-state index contributed by atoms with van der Waals surface area (Å²) in [5, 5.41) is 20.8. The average Bonchev–Trinajstić information content (AvgIpc) is 3.02. The molecule has 0 aromatic heterocycles. The number of hydrogen-bond acceptors (Lipinski definition) is 8. The Balaban J connectivity index is 1.20. The van der Waals surface area contributed by atoms with Crippen molar-refractivity contribution in [3.05, 3.63) is 107 Å². The molecule has 1 heterocycles. The molecule has 1 aliphatic rings. The number of nitrogens with zero attached hydrogens (tertiary/aromatic N) is 4. The molecule has 42 heavy (non-hydrogen) atoms. The first kappa shape index (κ1) is 28.9. The Morgan fingerprint density at radius 2 is 1.00 bits per heavy atom. The number of piperazine rings is 1. The summed E-state index contributed by atoms with van der Waals surface area (Å²) in [6.45, 7) is 5.37. The fourth-order valence-electron chi connectivity index (χ4n) is 5.02. The predicted molar refractivity (Wildman–Crippen MR) is 167 cm³/mol. The molecular formula is C34H36N4O4. The molecule has 0 atom stereocenters. The SMILES string of the molecule is COc1cccc(C=Nc2ccccc2CN2CCN(Cc3ccccc3N=Cc3cccc(OC)c3O)CC2)c1O. The molecule has 4 aromatic carbocycles. The van der Waals surface area contributed by atoms with Crippen molar-refractivity contribution in [2.24, 2.45) is 9.98 Å². The Kier molecular flexibility index (Phi) is 9.48. The van der Waals surface area contributed by atoms with Crippen LogP contribution in [0.2, 0.25) is 0 Å². The molecule has 216 valence electrons. The van der Waals surface area contributed by atoms with E-state index < -0.39 is 0 Å². The fourth-order valence-corrected chi connectivity index (χ4v) is 5.02. The lowest BCUT2D eigenvalue weighted by Crippen LogP contribution is -2.45. The van der Waals surface area contributed by atoms with Crippen molar-refractivity contribution in [3.63, 3.8) is 0 Å². The van der Waals surface area contributed by atoms with Crippen molar-refractivity contribution < 1.29 is 19.7 Å². The normalized spacial score (nSPS) is 14.5. The molecule has 0 bridgehead atoms. The molecule has 0 radical (unpaired) electrons. The van der Waals surface area contributed by atoms with Crippen LogP contribution in [-0.2, 0) is 13.1 Å². The van der Waals surface area contributed by atoms with Crippen molar-refractivity contribution in [1.82, 2.24) is 9.80 Å². The summed E-state index contributed by atoms with van der Waals surface area (Å²) in [5.41, 5.74) is 5.28. The minimum Gasteiger partial charge on any atom is -0.504 e. The molecule has 0 amide bonds. The lowest BCUT2D eigenvalue weighted by Gasteiger charge is -2.35. The number of rotatable bonds is 10. The van der Waals surface area contributed by atoms with E-state index >= 15 is 0 Å². The van der Waals surface area contributed by atoms with E-state index in [1.807, 2.05) is 60.7 Å². The summed E-state index contributed by atoms with van der Waals surface area (Å²) in [6, 6.07) is 27.0. The van der Waals surface area contributed by atoms with E-state index in [1.54, 1.807) is 24.6 Å². The summed E-state index contributed by atoms with van der Waals surface area (Å²) < 4.78 is 10.4. The van der Waals surface area contributed by atoms with Crippen LogP contribution in [0.3, 0.4) is 0 Å². The molecular weight excluding hydrogens is 528 g/mol. The van der Waals surface area contributed by atoms with Gasteiger partial charge >= 0.3 is 0 Å². The molecule has 0 unspecified atom stereocenters. The van der Waals surface area contributed by atoms with Crippen molar-refractivity contribution in [3.8, 4) is 23.0 Å². The van der Waals surface area contributed by atoms with E-state index in [1.165, 1.54) is 14.2 Å². The molecule has 1 aliphatic heterocycles. The largest absolute Gasteiger partial charge is 0.504 e. The Morgan fingerprint density at radius 1 is 0.595 bits per heavy atom. The van der Waals surface area contributed by atoms with Gasteiger partial charge in [-0.25, -0.2) is 0 Å². The van der Waals surface area contributed by atoms with E-state index in [9.17, 15) is 10.2 Å². The van der Waals surface area contributed by atoms with Crippen LogP contribution < -0.4 is 9.47 Å². The highest BCUT2D eigenvalue weighted by Gasteiger charge is 2.19. The van der Waals surface area contributed by atoms with Crippen LogP contribution >= 0.6 is 0 Å². The van der Waals surface area contributed by atoms with E-state index in [2.05, 4.69) is 21.9 Å². The molecule has 5 rings (SSSR count). The standard InChI is InChI=1S/C34H36N4O4/c1-41-31-15-7-11-25(33(31)39)21-35-29-13-5-3-9-27(29)23-37-17-19-38(20-18-37)24-28-10-4-6-14-30(28)36-22-26-12-8-16-32(42-2)34(26)40/h3-16,21-22,39-40H,17-20,23-24H2,1-2H3. The predicted octanol–water partition coefficient (Wildman–Crippen LogP) is 5.93. The molecule has 0 spiro atoms. The number of methoxy groups -OCH3 is 2. The zero-order valence-electron chi connectivity index (χ0n) is 24.0. The van der Waals surface area contributed by atoms with E-state index in [0.717, 1.165) is 61.8 Å². The molecule has 8 nitrogen and oxygen atoms in total. The fraction of sp³-hybridized carbons (Fsp3) is 0.235. The number of ether oxygens (including phenoxy) is 2. The third kappa shape index (κ3) is 6.97. The van der Waals surface area contributed by atoms with Gasteiger partial charge in [-0.05, 0) is 47.5 Å². The second-order valence-corrected chi connectivity index (χ2v) is 10.1. The van der Waals surface area contributed by atoms with Crippen LogP contribution in [0, 0.1) is 0 Å². The summed E-state index contributed by atoms with van der Waals surface area (Å²) in [6.07, 6.45) is 3.37. The number of aromatic hydroxyl groups is 2. The molecule has 1 fully saturated rings. The lowest BCUT2D eigenvalue weighted by atomic mass is 10.1. The highest BCUT2D eigenvalue weighted by Crippen LogP contribution is 2.30. The van der Waals surface area contributed by atoms with Gasteiger partial charge in [0, 0.05) is 62.8 Å². The molecule has 1 saturated heterocycles. The van der Waals surface area contributed by atoms with Crippen molar-refractivity contribution in [2.45, 2.75) is 13.1 Å². The van der Waals surface area contributed by atoms with Gasteiger partial charge in [-0.15, -0.1) is 0 Å². The first-order chi connectivity index (χ1) is 20.6.